The van der Waals surface area contributed by atoms with Crippen LogP contribution in [0.15, 0.2) is 48.5 Å². The minimum Gasteiger partial charge on any atom is -0.357 e. The summed E-state index contributed by atoms with van der Waals surface area (Å²) in [5, 5.41) is 1.30. The molecular weight excluding hydrogens is 358 g/mol. The van der Waals surface area contributed by atoms with Gasteiger partial charge in [-0.25, -0.2) is 0 Å². The molecular formula is C25H31N3O. The minimum atomic E-state index is -0.122. The first-order chi connectivity index (χ1) is 14.1. The lowest BCUT2D eigenvalue weighted by molar-refractivity contribution is -0.133. The zero-order valence-electron chi connectivity index (χ0n) is 17.7. The predicted molar refractivity (Wildman–Crippen MR) is 119 cm³/mol. The van der Waals surface area contributed by atoms with Crippen LogP contribution in [0.4, 0.5) is 0 Å². The lowest BCUT2D eigenvalue weighted by Crippen LogP contribution is -2.38. The van der Waals surface area contributed by atoms with Gasteiger partial charge in [0.05, 0.1) is 12.5 Å². The molecule has 0 bridgehead atoms. The van der Waals surface area contributed by atoms with Crippen molar-refractivity contribution < 1.29 is 4.79 Å². The van der Waals surface area contributed by atoms with Gasteiger partial charge in [-0.2, -0.15) is 0 Å². The number of H-pyrrole nitrogens is 1. The van der Waals surface area contributed by atoms with Gasteiger partial charge in [-0.1, -0.05) is 56.3 Å². The highest BCUT2D eigenvalue weighted by atomic mass is 16.2. The zero-order chi connectivity index (χ0) is 20.4. The number of carbonyl (C=O) groups excluding carboxylic acids is 1. The number of fused-ring (bicyclic) bond motifs is 3. The Morgan fingerprint density at radius 1 is 1.10 bits per heavy atom. The summed E-state index contributed by atoms with van der Waals surface area (Å²) in [7, 11) is 0. The van der Waals surface area contributed by atoms with Crippen LogP contribution in [-0.2, 0) is 24.3 Å². The molecule has 4 nitrogen and oxygen atoms in total. The van der Waals surface area contributed by atoms with Crippen molar-refractivity contribution in [3.63, 3.8) is 0 Å². The standard InChI is InChI=1S/C25H31N3O/c1-4-27(5-2)16-19-10-12-20(13-11-19)18(3)25(29)28-15-14-22-21-8-6-7-9-23(21)26-24(22)17-28/h6-13,18,26H,4-5,14-17H2,1-3H3. The second-order valence-corrected chi connectivity index (χ2v) is 8.06. The molecule has 152 valence electrons. The quantitative estimate of drug-likeness (QED) is 0.664. The SMILES string of the molecule is CCN(CC)Cc1ccc(C(C)C(=O)N2CCc3c([nH]c4ccccc34)C2)cc1. The molecule has 0 radical (unpaired) electrons. The van der Waals surface area contributed by atoms with E-state index in [0.29, 0.717) is 6.54 Å². The molecule has 1 aromatic heterocycles. The van der Waals surface area contributed by atoms with Gasteiger partial charge in [-0.15, -0.1) is 0 Å². The normalized spacial score (nSPS) is 15.0. The van der Waals surface area contributed by atoms with E-state index in [4.69, 9.17) is 0 Å². The number of hydrogen-bond donors (Lipinski definition) is 1. The predicted octanol–water partition coefficient (Wildman–Crippen LogP) is 4.70. The first kappa shape index (κ1) is 19.7. The molecule has 1 atom stereocenters. The second kappa shape index (κ2) is 8.42. The van der Waals surface area contributed by atoms with Gasteiger partial charge in [0.1, 0.15) is 0 Å². The number of rotatable bonds is 6. The third-order valence-corrected chi connectivity index (χ3v) is 6.35. The summed E-state index contributed by atoms with van der Waals surface area (Å²) < 4.78 is 0. The van der Waals surface area contributed by atoms with E-state index in [1.165, 1.54) is 27.7 Å². The van der Waals surface area contributed by atoms with Crippen LogP contribution in [0.25, 0.3) is 10.9 Å². The highest BCUT2D eigenvalue weighted by Gasteiger charge is 2.27. The monoisotopic (exact) mass is 389 g/mol. The summed E-state index contributed by atoms with van der Waals surface area (Å²) in [5.41, 5.74) is 6.13. The number of nitrogens with one attached hydrogen (secondary N) is 1. The van der Waals surface area contributed by atoms with Gasteiger partial charge in [0, 0.05) is 29.7 Å². The first-order valence-electron chi connectivity index (χ1n) is 10.8. The van der Waals surface area contributed by atoms with Crippen LogP contribution in [0.5, 0.6) is 0 Å². The molecule has 1 amide bonds. The lowest BCUT2D eigenvalue weighted by Gasteiger charge is -2.29. The van der Waals surface area contributed by atoms with E-state index in [-0.39, 0.29) is 11.8 Å². The fraction of sp³-hybridized carbons (Fsp3) is 0.400. The Labute approximate surface area is 173 Å². The molecule has 1 aliphatic heterocycles. The van der Waals surface area contributed by atoms with Crippen molar-refractivity contribution in [2.75, 3.05) is 19.6 Å². The third kappa shape index (κ3) is 3.95. The Morgan fingerprint density at radius 2 is 1.83 bits per heavy atom. The van der Waals surface area contributed by atoms with E-state index < -0.39 is 0 Å². The summed E-state index contributed by atoms with van der Waals surface area (Å²) in [6, 6.07) is 17.0. The van der Waals surface area contributed by atoms with Crippen molar-refractivity contribution in [1.82, 2.24) is 14.8 Å². The molecule has 1 unspecified atom stereocenters. The van der Waals surface area contributed by atoms with Gasteiger partial charge in [0.15, 0.2) is 0 Å². The van der Waals surface area contributed by atoms with Crippen LogP contribution in [-0.4, -0.2) is 40.3 Å². The maximum atomic E-state index is 13.2. The summed E-state index contributed by atoms with van der Waals surface area (Å²) >= 11 is 0. The van der Waals surface area contributed by atoms with E-state index in [1.807, 2.05) is 11.8 Å². The number of benzene rings is 2. The lowest BCUT2D eigenvalue weighted by atomic mass is 9.96. The topological polar surface area (TPSA) is 39.3 Å². The van der Waals surface area contributed by atoms with E-state index in [2.05, 4.69) is 72.3 Å². The van der Waals surface area contributed by atoms with Gasteiger partial charge in [0.25, 0.3) is 0 Å². The third-order valence-electron chi connectivity index (χ3n) is 6.35. The van der Waals surface area contributed by atoms with Crippen molar-refractivity contribution in [2.45, 2.75) is 46.2 Å². The van der Waals surface area contributed by atoms with Crippen LogP contribution >= 0.6 is 0 Å². The second-order valence-electron chi connectivity index (χ2n) is 8.06. The highest BCUT2D eigenvalue weighted by Crippen LogP contribution is 2.29. The van der Waals surface area contributed by atoms with E-state index in [9.17, 15) is 4.79 Å². The molecule has 0 fully saturated rings. The Morgan fingerprint density at radius 3 is 2.55 bits per heavy atom. The molecule has 29 heavy (non-hydrogen) atoms. The van der Waals surface area contributed by atoms with Gasteiger partial charge in [0.2, 0.25) is 5.91 Å². The van der Waals surface area contributed by atoms with Crippen LogP contribution in [0.2, 0.25) is 0 Å². The van der Waals surface area contributed by atoms with Crippen LogP contribution in [0.1, 0.15) is 49.1 Å². The molecule has 0 saturated carbocycles. The van der Waals surface area contributed by atoms with E-state index in [0.717, 1.165) is 38.2 Å². The van der Waals surface area contributed by atoms with Gasteiger partial charge >= 0.3 is 0 Å². The van der Waals surface area contributed by atoms with Gasteiger partial charge < -0.3 is 9.88 Å². The van der Waals surface area contributed by atoms with Crippen molar-refractivity contribution >= 4 is 16.8 Å². The maximum Gasteiger partial charge on any atom is 0.230 e. The Hall–Kier alpha value is -2.59. The molecule has 3 aromatic rings. The Kier molecular flexibility index (Phi) is 5.72. The van der Waals surface area contributed by atoms with E-state index >= 15 is 0 Å². The molecule has 2 heterocycles. The number of hydrogen-bond acceptors (Lipinski definition) is 2. The number of nitrogens with zero attached hydrogens (tertiary/aromatic N) is 2. The molecule has 0 aliphatic carbocycles. The molecule has 1 aliphatic rings. The van der Waals surface area contributed by atoms with Crippen molar-refractivity contribution in [3.8, 4) is 0 Å². The maximum absolute atomic E-state index is 13.2. The molecule has 0 spiro atoms. The Balaban J connectivity index is 1.45. The molecule has 2 aromatic carbocycles. The number of carbonyl (C=O) groups is 1. The minimum absolute atomic E-state index is 0.122. The Bertz CT molecular complexity index is 985. The van der Waals surface area contributed by atoms with Crippen LogP contribution in [0, 0.1) is 0 Å². The van der Waals surface area contributed by atoms with Crippen molar-refractivity contribution in [2.24, 2.45) is 0 Å². The van der Waals surface area contributed by atoms with Crippen LogP contribution < -0.4 is 0 Å². The molecule has 4 heteroatoms. The van der Waals surface area contributed by atoms with E-state index in [1.54, 1.807) is 0 Å². The fourth-order valence-electron chi connectivity index (χ4n) is 4.41. The highest BCUT2D eigenvalue weighted by molar-refractivity contribution is 5.87. The summed E-state index contributed by atoms with van der Waals surface area (Å²) in [5.74, 6) is 0.0919. The number of para-hydroxylation sites is 1. The van der Waals surface area contributed by atoms with Crippen molar-refractivity contribution in [1.29, 1.82) is 0 Å². The largest absolute Gasteiger partial charge is 0.357 e. The van der Waals surface area contributed by atoms with Crippen LogP contribution in [0.3, 0.4) is 0 Å². The van der Waals surface area contributed by atoms with Crippen molar-refractivity contribution in [3.05, 3.63) is 70.9 Å². The fourth-order valence-corrected chi connectivity index (χ4v) is 4.41. The number of aromatic amines is 1. The summed E-state index contributed by atoms with van der Waals surface area (Å²) in [6.07, 6.45) is 0.917. The average Bonchev–Trinajstić information content (AvgIpc) is 3.14. The molecule has 4 rings (SSSR count). The molecule has 1 N–H and O–H groups in total. The first-order valence-corrected chi connectivity index (χ1v) is 10.8. The zero-order valence-corrected chi connectivity index (χ0v) is 17.7. The molecule has 0 saturated heterocycles. The summed E-state index contributed by atoms with van der Waals surface area (Å²) in [6.45, 7) is 10.9. The average molecular weight is 390 g/mol. The summed E-state index contributed by atoms with van der Waals surface area (Å²) in [4.78, 5) is 21.1. The number of amides is 1. The number of aromatic nitrogens is 1. The smallest absolute Gasteiger partial charge is 0.230 e. The van der Waals surface area contributed by atoms with Gasteiger partial charge in [-0.05, 0) is 49.2 Å². The van der Waals surface area contributed by atoms with Gasteiger partial charge in [-0.3, -0.25) is 9.69 Å².